The molecule has 0 saturated carbocycles. The van der Waals surface area contributed by atoms with Crippen molar-refractivity contribution in [2.24, 2.45) is 0 Å². The fourth-order valence-electron chi connectivity index (χ4n) is 4.71. The molecule has 3 aromatic rings. The molecular formula is C26H31N7O2. The average molecular weight is 474 g/mol. The number of carbonyl (C=O) groups is 1. The van der Waals surface area contributed by atoms with E-state index in [1.807, 2.05) is 55.4 Å². The van der Waals surface area contributed by atoms with Gasteiger partial charge in [-0.3, -0.25) is 14.7 Å². The zero-order valence-corrected chi connectivity index (χ0v) is 20.5. The van der Waals surface area contributed by atoms with Crippen LogP contribution in [0, 0.1) is 6.92 Å². The number of morpholine rings is 1. The van der Waals surface area contributed by atoms with E-state index in [0.717, 1.165) is 68.5 Å². The van der Waals surface area contributed by atoms with Crippen LogP contribution in [0.5, 0.6) is 0 Å². The summed E-state index contributed by atoms with van der Waals surface area (Å²) in [5.74, 6) is 1.09. The largest absolute Gasteiger partial charge is 0.379 e. The highest BCUT2D eigenvalue weighted by molar-refractivity contribution is 6.13. The van der Waals surface area contributed by atoms with Gasteiger partial charge in [0, 0.05) is 44.8 Å². The highest BCUT2D eigenvalue weighted by Crippen LogP contribution is 2.39. The standard InChI is InChI=1S/C26H31N7O2/c1-18-23-24(31(2)22-9-5-4-8-21(22)25(34)32(23)3)30-26(28-18)29-20-10-11-27-19(17-20)7-6-12-33-13-15-35-16-14-33/h4-5,8-11,17H,6-7,12-16H2,1-3H3,(H,27,28,29,30). The Morgan fingerprint density at radius 3 is 2.69 bits per heavy atom. The van der Waals surface area contributed by atoms with Gasteiger partial charge in [-0.05, 0) is 50.6 Å². The van der Waals surface area contributed by atoms with Gasteiger partial charge in [0.05, 0.1) is 30.2 Å². The smallest absolute Gasteiger partial charge is 0.260 e. The van der Waals surface area contributed by atoms with Crippen LogP contribution in [0.25, 0.3) is 0 Å². The fraction of sp³-hybridized carbons (Fsp3) is 0.385. The summed E-state index contributed by atoms with van der Waals surface area (Å²) in [6.45, 7) is 6.61. The molecule has 9 nitrogen and oxygen atoms in total. The Balaban J connectivity index is 1.35. The van der Waals surface area contributed by atoms with Gasteiger partial charge in [0.2, 0.25) is 5.95 Å². The van der Waals surface area contributed by atoms with Crippen molar-refractivity contribution < 1.29 is 9.53 Å². The SMILES string of the molecule is Cc1nc(Nc2ccnc(CCCN3CCOCC3)c2)nc2c1N(C)C(=O)c1ccccc1N2C. The van der Waals surface area contributed by atoms with E-state index in [2.05, 4.69) is 26.3 Å². The van der Waals surface area contributed by atoms with Crippen LogP contribution in [-0.2, 0) is 11.2 Å². The van der Waals surface area contributed by atoms with E-state index >= 15 is 0 Å². The average Bonchev–Trinajstić information content (AvgIpc) is 2.95. The molecule has 0 aliphatic carbocycles. The summed E-state index contributed by atoms with van der Waals surface area (Å²) in [4.78, 5) is 33.2. The third-order valence-electron chi connectivity index (χ3n) is 6.58. The summed E-state index contributed by atoms with van der Waals surface area (Å²) in [6.07, 6.45) is 3.77. The number of aryl methyl sites for hydroxylation is 2. The number of carbonyl (C=O) groups excluding carboxylic acids is 1. The Hall–Kier alpha value is -3.56. The number of hydrogen-bond acceptors (Lipinski definition) is 8. The van der Waals surface area contributed by atoms with Crippen molar-refractivity contribution >= 4 is 34.7 Å². The van der Waals surface area contributed by atoms with E-state index in [0.29, 0.717) is 23.0 Å². The summed E-state index contributed by atoms with van der Waals surface area (Å²) in [6, 6.07) is 11.6. The molecule has 1 N–H and O–H groups in total. The lowest BCUT2D eigenvalue weighted by Gasteiger charge is -2.26. The maximum absolute atomic E-state index is 13.1. The van der Waals surface area contributed by atoms with Crippen LogP contribution in [-0.4, -0.2) is 72.7 Å². The van der Waals surface area contributed by atoms with Crippen molar-refractivity contribution in [3.05, 3.63) is 59.5 Å². The monoisotopic (exact) mass is 473 g/mol. The van der Waals surface area contributed by atoms with E-state index in [1.165, 1.54) is 0 Å². The Bertz CT molecular complexity index is 1230. The van der Waals surface area contributed by atoms with E-state index in [4.69, 9.17) is 9.72 Å². The van der Waals surface area contributed by atoms with Crippen LogP contribution >= 0.6 is 0 Å². The summed E-state index contributed by atoms with van der Waals surface area (Å²) in [5.41, 5.74) is 4.82. The lowest BCUT2D eigenvalue weighted by molar-refractivity contribution is 0.0374. The van der Waals surface area contributed by atoms with Gasteiger partial charge in [0.25, 0.3) is 5.91 Å². The lowest BCUT2D eigenvalue weighted by atomic mass is 10.1. The molecule has 182 valence electrons. The van der Waals surface area contributed by atoms with Crippen molar-refractivity contribution in [3.8, 4) is 0 Å². The predicted octanol–water partition coefficient (Wildman–Crippen LogP) is 3.55. The minimum atomic E-state index is -0.0746. The van der Waals surface area contributed by atoms with Gasteiger partial charge >= 0.3 is 0 Å². The van der Waals surface area contributed by atoms with Gasteiger partial charge in [-0.25, -0.2) is 4.98 Å². The van der Waals surface area contributed by atoms with E-state index < -0.39 is 0 Å². The molecule has 2 aliphatic rings. The molecule has 35 heavy (non-hydrogen) atoms. The molecule has 2 aliphatic heterocycles. The number of pyridine rings is 1. The third kappa shape index (κ3) is 4.82. The van der Waals surface area contributed by atoms with Gasteiger partial charge in [-0.1, -0.05) is 12.1 Å². The zero-order chi connectivity index (χ0) is 24.4. The van der Waals surface area contributed by atoms with E-state index in [-0.39, 0.29) is 5.91 Å². The van der Waals surface area contributed by atoms with Crippen molar-refractivity contribution in [1.82, 2.24) is 19.9 Å². The maximum atomic E-state index is 13.1. The van der Waals surface area contributed by atoms with Crippen LogP contribution < -0.4 is 15.1 Å². The minimum absolute atomic E-state index is 0.0746. The van der Waals surface area contributed by atoms with Gasteiger partial charge in [0.15, 0.2) is 5.82 Å². The number of hydrogen-bond donors (Lipinski definition) is 1. The first-order chi connectivity index (χ1) is 17.0. The molecule has 2 aromatic heterocycles. The number of rotatable bonds is 6. The van der Waals surface area contributed by atoms with Crippen molar-refractivity contribution in [2.45, 2.75) is 19.8 Å². The van der Waals surface area contributed by atoms with Gasteiger partial charge in [-0.2, -0.15) is 4.98 Å². The van der Waals surface area contributed by atoms with Gasteiger partial charge in [0.1, 0.15) is 5.69 Å². The first-order valence-corrected chi connectivity index (χ1v) is 12.0. The first-order valence-electron chi connectivity index (χ1n) is 12.0. The number of para-hydroxylation sites is 1. The second kappa shape index (κ2) is 9.97. The van der Waals surface area contributed by atoms with Crippen molar-refractivity contribution in [3.63, 3.8) is 0 Å². The minimum Gasteiger partial charge on any atom is -0.379 e. The van der Waals surface area contributed by atoms with E-state index in [1.54, 1.807) is 11.9 Å². The topological polar surface area (TPSA) is 86.7 Å². The normalized spacial score (nSPS) is 16.0. The molecule has 0 unspecified atom stereocenters. The number of benzene rings is 1. The molecule has 1 saturated heterocycles. The second-order valence-corrected chi connectivity index (χ2v) is 8.96. The number of amides is 1. The lowest BCUT2D eigenvalue weighted by Crippen LogP contribution is -2.36. The summed E-state index contributed by atoms with van der Waals surface area (Å²) >= 11 is 0. The maximum Gasteiger partial charge on any atom is 0.260 e. The second-order valence-electron chi connectivity index (χ2n) is 8.96. The zero-order valence-electron chi connectivity index (χ0n) is 20.5. The highest BCUT2D eigenvalue weighted by atomic mass is 16.5. The molecule has 0 radical (unpaired) electrons. The number of nitrogens with zero attached hydrogens (tertiary/aromatic N) is 6. The van der Waals surface area contributed by atoms with Crippen LogP contribution in [0.3, 0.4) is 0 Å². The van der Waals surface area contributed by atoms with Crippen LogP contribution in [0.15, 0.2) is 42.6 Å². The molecular weight excluding hydrogens is 442 g/mol. The fourth-order valence-corrected chi connectivity index (χ4v) is 4.71. The summed E-state index contributed by atoms with van der Waals surface area (Å²) < 4.78 is 5.43. The molecule has 0 bridgehead atoms. The Labute approximate surface area is 205 Å². The van der Waals surface area contributed by atoms with Gasteiger partial charge in [-0.15, -0.1) is 0 Å². The van der Waals surface area contributed by atoms with Gasteiger partial charge < -0.3 is 19.9 Å². The van der Waals surface area contributed by atoms with Crippen LogP contribution in [0.1, 0.15) is 28.2 Å². The number of nitrogens with one attached hydrogen (secondary N) is 1. The molecule has 1 aromatic carbocycles. The number of anilines is 5. The van der Waals surface area contributed by atoms with Crippen molar-refractivity contribution in [2.75, 3.05) is 62.1 Å². The molecule has 0 atom stereocenters. The third-order valence-corrected chi connectivity index (χ3v) is 6.58. The van der Waals surface area contributed by atoms with Crippen molar-refractivity contribution in [1.29, 1.82) is 0 Å². The Morgan fingerprint density at radius 2 is 1.86 bits per heavy atom. The quantitative estimate of drug-likeness (QED) is 0.582. The first kappa shape index (κ1) is 23.2. The number of aromatic nitrogens is 3. The van der Waals surface area contributed by atoms with E-state index in [9.17, 15) is 4.79 Å². The molecule has 1 amide bonds. The highest BCUT2D eigenvalue weighted by Gasteiger charge is 2.30. The summed E-state index contributed by atoms with van der Waals surface area (Å²) in [7, 11) is 3.70. The summed E-state index contributed by atoms with van der Waals surface area (Å²) in [5, 5.41) is 3.35. The Morgan fingerprint density at radius 1 is 1.06 bits per heavy atom. The molecule has 0 spiro atoms. The van der Waals surface area contributed by atoms with Crippen LogP contribution in [0.4, 0.5) is 28.8 Å². The Kier molecular flexibility index (Phi) is 6.61. The number of ether oxygens (including phenoxy) is 1. The molecule has 4 heterocycles. The number of fused-ring (bicyclic) bond motifs is 2. The molecule has 5 rings (SSSR count). The molecule has 9 heteroatoms. The van der Waals surface area contributed by atoms with Crippen LogP contribution in [0.2, 0.25) is 0 Å². The molecule has 1 fully saturated rings. The predicted molar refractivity (Wildman–Crippen MR) is 137 cm³/mol.